The molecule has 2 aliphatic rings. The van der Waals surface area contributed by atoms with Crippen molar-refractivity contribution in [3.05, 3.63) is 53.2 Å². The van der Waals surface area contributed by atoms with Crippen LogP contribution in [0.5, 0.6) is 0 Å². The van der Waals surface area contributed by atoms with Crippen LogP contribution in [-0.4, -0.2) is 49.0 Å². The summed E-state index contributed by atoms with van der Waals surface area (Å²) in [4.78, 5) is 26.7. The molecule has 1 saturated heterocycles. The summed E-state index contributed by atoms with van der Waals surface area (Å²) in [6.07, 6.45) is 5.15. The summed E-state index contributed by atoms with van der Waals surface area (Å²) in [5, 5.41) is 19.6. The van der Waals surface area contributed by atoms with E-state index in [1.807, 2.05) is 0 Å². The number of carboxylic acid groups (broad SMARTS) is 1. The second-order valence-electron chi connectivity index (χ2n) is 7.50. The lowest BCUT2D eigenvalue weighted by Gasteiger charge is -2.42. The molecule has 2 aromatic rings. The van der Waals surface area contributed by atoms with Gasteiger partial charge in [-0.15, -0.1) is 0 Å². The number of thiol groups is 1. The lowest BCUT2D eigenvalue weighted by molar-refractivity contribution is -0.144. The van der Waals surface area contributed by atoms with E-state index in [1.165, 1.54) is 12.3 Å². The minimum absolute atomic E-state index is 0.0602. The average Bonchev–Trinajstić information content (AvgIpc) is 3.42. The number of carboxylic acids is 1. The predicted molar refractivity (Wildman–Crippen MR) is 106 cm³/mol. The molecule has 0 radical (unpaired) electrons. The van der Waals surface area contributed by atoms with Crippen LogP contribution in [0.1, 0.15) is 36.6 Å². The molecular formula is C20H21FN4O3S. The smallest absolute Gasteiger partial charge is 0.309 e. The molecule has 152 valence electrons. The Morgan fingerprint density at radius 3 is 2.72 bits per heavy atom. The van der Waals surface area contributed by atoms with Gasteiger partial charge in [0.15, 0.2) is 5.78 Å². The maximum atomic E-state index is 14.7. The predicted octanol–water partition coefficient (Wildman–Crippen LogP) is 2.71. The van der Waals surface area contributed by atoms with Crippen molar-refractivity contribution >= 4 is 30.5 Å². The molecule has 0 spiro atoms. The quantitative estimate of drug-likeness (QED) is 0.627. The zero-order valence-corrected chi connectivity index (χ0v) is 16.4. The number of nitrogens with zero attached hydrogens (tertiary/aromatic N) is 3. The maximum absolute atomic E-state index is 14.7. The summed E-state index contributed by atoms with van der Waals surface area (Å²) >= 11 is 4.48. The highest BCUT2D eigenvalue weighted by atomic mass is 32.1. The third-order valence-electron chi connectivity index (χ3n) is 5.47. The van der Waals surface area contributed by atoms with Crippen LogP contribution in [0.25, 0.3) is 6.08 Å². The number of carbonyl (C=O) groups is 2. The van der Waals surface area contributed by atoms with Gasteiger partial charge < -0.3 is 10.0 Å². The van der Waals surface area contributed by atoms with E-state index in [4.69, 9.17) is 0 Å². The van der Waals surface area contributed by atoms with Gasteiger partial charge in [0.25, 0.3) is 0 Å². The SMILES string of the molecule is O=C(O)C1CN(C(C(=O)C2CC2)c2ccccc2F)C(=Cc2cn[nH]n2)CC1S. The van der Waals surface area contributed by atoms with Crippen LogP contribution in [-0.2, 0) is 9.59 Å². The van der Waals surface area contributed by atoms with E-state index in [2.05, 4.69) is 28.0 Å². The van der Waals surface area contributed by atoms with Crippen molar-refractivity contribution < 1.29 is 19.1 Å². The summed E-state index contributed by atoms with van der Waals surface area (Å²) < 4.78 is 14.7. The van der Waals surface area contributed by atoms with Gasteiger partial charge in [0.05, 0.1) is 12.1 Å². The number of hydrogen-bond acceptors (Lipinski definition) is 6. The molecule has 2 fully saturated rings. The molecule has 29 heavy (non-hydrogen) atoms. The van der Waals surface area contributed by atoms with E-state index in [0.717, 1.165) is 12.8 Å². The molecule has 1 aromatic carbocycles. The third kappa shape index (κ3) is 4.05. The monoisotopic (exact) mass is 416 g/mol. The first kappa shape index (κ1) is 19.6. The number of hydrogen-bond donors (Lipinski definition) is 3. The summed E-state index contributed by atoms with van der Waals surface area (Å²) in [6.45, 7) is 0.0602. The van der Waals surface area contributed by atoms with Gasteiger partial charge in [-0.1, -0.05) is 18.2 Å². The van der Waals surface area contributed by atoms with Gasteiger partial charge in [-0.25, -0.2) is 4.39 Å². The van der Waals surface area contributed by atoms with Crippen LogP contribution >= 0.6 is 12.6 Å². The van der Waals surface area contributed by atoms with Crippen LogP contribution in [0.3, 0.4) is 0 Å². The standard InChI is InChI=1S/C20H21FN4O3S/c21-16-4-2-1-3-14(16)18(19(26)11-5-6-11)25-10-15(20(27)28)17(29)8-13(25)7-12-9-22-24-23-12/h1-4,7,9,11,15,17-18,29H,5-6,8,10H2,(H,27,28)(H,22,23,24). The Hall–Kier alpha value is -2.68. The Morgan fingerprint density at radius 1 is 1.34 bits per heavy atom. The molecule has 7 nitrogen and oxygen atoms in total. The number of benzene rings is 1. The average molecular weight is 416 g/mol. The summed E-state index contributed by atoms with van der Waals surface area (Å²) in [7, 11) is 0. The Kier molecular flexibility index (Phi) is 5.40. The van der Waals surface area contributed by atoms with E-state index in [-0.39, 0.29) is 23.8 Å². The van der Waals surface area contributed by atoms with Gasteiger partial charge in [0, 0.05) is 29.0 Å². The van der Waals surface area contributed by atoms with Gasteiger partial charge in [0.1, 0.15) is 17.6 Å². The fourth-order valence-corrected chi connectivity index (χ4v) is 4.20. The van der Waals surface area contributed by atoms with Crippen molar-refractivity contribution in [2.24, 2.45) is 11.8 Å². The Balaban J connectivity index is 1.80. The van der Waals surface area contributed by atoms with Crippen LogP contribution in [0.15, 0.2) is 36.2 Å². The number of halogens is 1. The topological polar surface area (TPSA) is 99.2 Å². The molecule has 4 rings (SSSR count). The maximum Gasteiger partial charge on any atom is 0.309 e. The van der Waals surface area contributed by atoms with Crippen LogP contribution in [0.4, 0.5) is 4.39 Å². The molecule has 0 amide bonds. The number of aromatic nitrogens is 3. The van der Waals surface area contributed by atoms with Crippen molar-refractivity contribution in [2.75, 3.05) is 6.54 Å². The summed E-state index contributed by atoms with van der Waals surface area (Å²) in [5.74, 6) is -2.45. The normalized spacial score (nSPS) is 24.5. The number of aliphatic carboxylic acids is 1. The number of carbonyl (C=O) groups excluding carboxylic acids is 1. The molecule has 2 heterocycles. The van der Waals surface area contributed by atoms with Crippen molar-refractivity contribution in [1.29, 1.82) is 0 Å². The molecule has 1 aliphatic heterocycles. The molecule has 1 aliphatic carbocycles. The van der Waals surface area contributed by atoms with Crippen molar-refractivity contribution in [3.8, 4) is 0 Å². The van der Waals surface area contributed by atoms with Crippen molar-refractivity contribution in [2.45, 2.75) is 30.6 Å². The third-order valence-corrected chi connectivity index (χ3v) is 6.01. The minimum atomic E-state index is -0.985. The molecule has 9 heteroatoms. The molecule has 3 atom stereocenters. The van der Waals surface area contributed by atoms with Gasteiger partial charge in [0.2, 0.25) is 0 Å². The van der Waals surface area contributed by atoms with Gasteiger partial charge in [-0.05, 0) is 31.4 Å². The zero-order chi connectivity index (χ0) is 20.5. The lowest BCUT2D eigenvalue weighted by Crippen LogP contribution is -2.47. The van der Waals surface area contributed by atoms with E-state index in [1.54, 1.807) is 29.2 Å². The first-order valence-corrected chi connectivity index (χ1v) is 9.99. The van der Waals surface area contributed by atoms with Crippen LogP contribution in [0, 0.1) is 17.7 Å². The van der Waals surface area contributed by atoms with E-state index < -0.39 is 29.0 Å². The molecule has 0 bridgehead atoms. The second kappa shape index (κ2) is 7.98. The largest absolute Gasteiger partial charge is 0.481 e. The summed E-state index contributed by atoms with van der Waals surface area (Å²) in [5.41, 5.74) is 1.50. The number of rotatable bonds is 6. The van der Waals surface area contributed by atoms with Crippen molar-refractivity contribution in [3.63, 3.8) is 0 Å². The highest BCUT2D eigenvalue weighted by molar-refractivity contribution is 7.81. The van der Waals surface area contributed by atoms with Gasteiger partial charge >= 0.3 is 5.97 Å². The number of likely N-dealkylation sites (tertiary alicyclic amines) is 1. The van der Waals surface area contributed by atoms with E-state index in [0.29, 0.717) is 17.8 Å². The van der Waals surface area contributed by atoms with E-state index >= 15 is 0 Å². The number of allylic oxidation sites excluding steroid dienone is 1. The molecule has 1 saturated carbocycles. The lowest BCUT2D eigenvalue weighted by atomic mass is 9.89. The van der Waals surface area contributed by atoms with Crippen LogP contribution < -0.4 is 0 Å². The number of ketones is 1. The Bertz CT molecular complexity index is 945. The van der Waals surface area contributed by atoms with Gasteiger partial charge in [-0.2, -0.15) is 28.0 Å². The van der Waals surface area contributed by atoms with Crippen molar-refractivity contribution in [1.82, 2.24) is 20.3 Å². The number of nitrogens with one attached hydrogen (secondary N) is 1. The fourth-order valence-electron chi connectivity index (χ4n) is 3.79. The molecule has 1 aromatic heterocycles. The first-order chi connectivity index (χ1) is 14.0. The number of H-pyrrole nitrogens is 1. The van der Waals surface area contributed by atoms with Crippen LogP contribution in [0.2, 0.25) is 0 Å². The Labute approximate surface area is 172 Å². The number of aromatic amines is 1. The number of Topliss-reactive ketones (excluding diaryl/α,β-unsaturated/α-hetero) is 1. The molecule has 3 unspecified atom stereocenters. The molecular weight excluding hydrogens is 395 g/mol. The minimum Gasteiger partial charge on any atom is -0.481 e. The summed E-state index contributed by atoms with van der Waals surface area (Å²) in [6, 6.07) is 5.29. The highest BCUT2D eigenvalue weighted by Crippen LogP contribution is 2.42. The molecule has 2 N–H and O–H groups in total. The zero-order valence-electron chi connectivity index (χ0n) is 15.5. The van der Waals surface area contributed by atoms with E-state index in [9.17, 15) is 19.1 Å². The van der Waals surface area contributed by atoms with Gasteiger partial charge in [-0.3, -0.25) is 9.59 Å². The second-order valence-corrected chi connectivity index (χ2v) is 8.16. The highest BCUT2D eigenvalue weighted by Gasteiger charge is 2.44. The first-order valence-electron chi connectivity index (χ1n) is 9.47. The fraction of sp³-hybridized carbons (Fsp3) is 0.400. The number of piperidine rings is 1. The Morgan fingerprint density at radius 2 is 2.10 bits per heavy atom.